The van der Waals surface area contributed by atoms with Crippen LogP contribution in [0.15, 0.2) is 4.99 Å². The molecule has 2 aliphatic heterocycles. The van der Waals surface area contributed by atoms with Gasteiger partial charge in [-0.2, -0.15) is 0 Å². The Balaban J connectivity index is 0.00000242. The quantitative estimate of drug-likeness (QED) is 0.390. The molecule has 4 nitrogen and oxygen atoms in total. The summed E-state index contributed by atoms with van der Waals surface area (Å²) >= 11 is 0. The molecule has 0 amide bonds. The average molecular weight is 423 g/mol. The van der Waals surface area contributed by atoms with Crippen LogP contribution >= 0.6 is 24.0 Å². The number of rotatable bonds is 6. The van der Waals surface area contributed by atoms with Gasteiger partial charge in [-0.1, -0.05) is 27.7 Å². The Bertz CT molecular complexity index is 371. The largest absolute Gasteiger partial charge is 0.373 e. The highest BCUT2D eigenvalue weighted by Crippen LogP contribution is 2.34. The monoisotopic (exact) mass is 423 g/mol. The molecule has 0 saturated carbocycles. The molecule has 3 unspecified atom stereocenters. The first kappa shape index (κ1) is 20.0. The van der Waals surface area contributed by atoms with E-state index in [1.54, 1.807) is 0 Å². The third-order valence-electron chi connectivity index (χ3n) is 4.40. The van der Waals surface area contributed by atoms with Crippen molar-refractivity contribution < 1.29 is 4.74 Å². The predicted octanol–water partition coefficient (Wildman–Crippen LogP) is 3.55. The molecule has 22 heavy (non-hydrogen) atoms. The molecule has 2 bridgehead atoms. The number of guanidine groups is 1. The van der Waals surface area contributed by atoms with Crippen molar-refractivity contribution in [3.63, 3.8) is 0 Å². The average Bonchev–Trinajstić information content (AvgIpc) is 2.97. The van der Waals surface area contributed by atoms with Crippen molar-refractivity contribution in [3.05, 3.63) is 0 Å². The van der Waals surface area contributed by atoms with Crippen LogP contribution in [0.1, 0.15) is 60.3 Å². The minimum absolute atomic E-state index is 0. The second-order valence-electron chi connectivity index (χ2n) is 7.82. The van der Waals surface area contributed by atoms with Gasteiger partial charge in [0.1, 0.15) is 0 Å². The lowest BCUT2D eigenvalue weighted by atomic mass is 9.84. The predicted molar refractivity (Wildman–Crippen MR) is 104 cm³/mol. The lowest BCUT2D eigenvalue weighted by Gasteiger charge is -2.26. The minimum Gasteiger partial charge on any atom is -0.373 e. The number of nitrogens with zero attached hydrogens (tertiary/aromatic N) is 1. The number of aliphatic imine (C=N–C) groups is 1. The van der Waals surface area contributed by atoms with E-state index in [1.807, 2.05) is 0 Å². The first-order valence-electron chi connectivity index (χ1n) is 8.60. The Labute approximate surface area is 153 Å². The van der Waals surface area contributed by atoms with Crippen molar-refractivity contribution in [1.82, 2.24) is 10.6 Å². The molecule has 130 valence electrons. The zero-order valence-electron chi connectivity index (χ0n) is 14.8. The standard InChI is InChI=1S/C17H33N3O.HI/c1-6-18-16(19-11-17(4,5)10-12(2)3)20-14-9-13-7-8-15(14)21-13;/h12-15H,6-11H2,1-5H3,(H2,18,19,20);1H. The van der Waals surface area contributed by atoms with Gasteiger partial charge in [0.2, 0.25) is 0 Å². The zero-order chi connectivity index (χ0) is 15.5. The summed E-state index contributed by atoms with van der Waals surface area (Å²) in [5.41, 5.74) is 0.252. The molecule has 0 aromatic carbocycles. The van der Waals surface area contributed by atoms with Crippen molar-refractivity contribution in [3.8, 4) is 0 Å². The Morgan fingerprint density at radius 1 is 1.32 bits per heavy atom. The summed E-state index contributed by atoms with van der Waals surface area (Å²) in [7, 11) is 0. The SMILES string of the molecule is CCNC(=NCC(C)(C)CC(C)C)NC1CC2CCC1O2.I. The topological polar surface area (TPSA) is 45.7 Å². The van der Waals surface area contributed by atoms with E-state index in [0.29, 0.717) is 24.2 Å². The molecule has 2 saturated heterocycles. The third kappa shape index (κ3) is 5.87. The normalized spacial score (nSPS) is 27.9. The molecule has 2 fully saturated rings. The van der Waals surface area contributed by atoms with E-state index >= 15 is 0 Å². The van der Waals surface area contributed by atoms with E-state index < -0.39 is 0 Å². The van der Waals surface area contributed by atoms with Crippen LogP contribution in [0.2, 0.25) is 0 Å². The van der Waals surface area contributed by atoms with E-state index in [4.69, 9.17) is 9.73 Å². The van der Waals surface area contributed by atoms with Crippen molar-refractivity contribution in [2.75, 3.05) is 13.1 Å². The number of nitrogens with one attached hydrogen (secondary N) is 2. The number of hydrogen-bond donors (Lipinski definition) is 2. The second-order valence-corrected chi connectivity index (χ2v) is 7.82. The molecule has 0 aliphatic carbocycles. The fraction of sp³-hybridized carbons (Fsp3) is 0.941. The highest BCUT2D eigenvalue weighted by molar-refractivity contribution is 14.0. The minimum atomic E-state index is 0. The molecule has 3 atom stereocenters. The van der Waals surface area contributed by atoms with E-state index in [-0.39, 0.29) is 29.4 Å². The summed E-state index contributed by atoms with van der Waals surface area (Å²) in [6.45, 7) is 13.1. The van der Waals surface area contributed by atoms with Crippen LogP contribution in [-0.4, -0.2) is 37.3 Å². The second kappa shape index (κ2) is 8.71. The van der Waals surface area contributed by atoms with Crippen LogP contribution in [-0.2, 0) is 4.74 Å². The van der Waals surface area contributed by atoms with E-state index in [1.165, 1.54) is 19.3 Å². The molecular weight excluding hydrogens is 389 g/mol. The third-order valence-corrected chi connectivity index (χ3v) is 4.40. The highest BCUT2D eigenvalue weighted by Gasteiger charge is 2.41. The molecule has 0 aromatic heterocycles. The fourth-order valence-electron chi connectivity index (χ4n) is 3.75. The van der Waals surface area contributed by atoms with Gasteiger partial charge in [0.25, 0.3) is 0 Å². The molecule has 2 heterocycles. The van der Waals surface area contributed by atoms with Crippen LogP contribution < -0.4 is 10.6 Å². The molecule has 2 N–H and O–H groups in total. The fourth-order valence-corrected chi connectivity index (χ4v) is 3.75. The summed E-state index contributed by atoms with van der Waals surface area (Å²) in [5, 5.41) is 6.97. The summed E-state index contributed by atoms with van der Waals surface area (Å²) in [6.07, 6.45) is 5.63. The summed E-state index contributed by atoms with van der Waals surface area (Å²) in [5.74, 6) is 1.67. The van der Waals surface area contributed by atoms with Crippen LogP contribution in [0.5, 0.6) is 0 Å². The number of fused-ring (bicyclic) bond motifs is 2. The number of hydrogen-bond acceptors (Lipinski definition) is 2. The van der Waals surface area contributed by atoms with Gasteiger partial charge < -0.3 is 15.4 Å². The smallest absolute Gasteiger partial charge is 0.191 e. The molecular formula is C17H34IN3O. The maximum absolute atomic E-state index is 5.92. The van der Waals surface area contributed by atoms with Crippen LogP contribution in [0.3, 0.4) is 0 Å². The highest BCUT2D eigenvalue weighted by atomic mass is 127. The van der Waals surface area contributed by atoms with Crippen LogP contribution in [0, 0.1) is 11.3 Å². The van der Waals surface area contributed by atoms with E-state index in [2.05, 4.69) is 45.3 Å². The molecule has 5 heteroatoms. The van der Waals surface area contributed by atoms with Crippen LogP contribution in [0.4, 0.5) is 0 Å². The van der Waals surface area contributed by atoms with E-state index in [9.17, 15) is 0 Å². The zero-order valence-corrected chi connectivity index (χ0v) is 17.1. The first-order valence-corrected chi connectivity index (χ1v) is 8.60. The first-order chi connectivity index (χ1) is 9.89. The van der Waals surface area contributed by atoms with Gasteiger partial charge in [-0.25, -0.2) is 0 Å². The Kier molecular flexibility index (Phi) is 7.92. The Hall–Kier alpha value is -0.0400. The van der Waals surface area contributed by atoms with Gasteiger partial charge in [0, 0.05) is 13.1 Å². The van der Waals surface area contributed by atoms with Crippen molar-refractivity contribution in [2.24, 2.45) is 16.3 Å². The lowest BCUT2D eigenvalue weighted by Crippen LogP contribution is -2.47. The number of halogens is 1. The maximum atomic E-state index is 5.92. The molecule has 0 radical (unpaired) electrons. The van der Waals surface area contributed by atoms with E-state index in [0.717, 1.165) is 25.5 Å². The van der Waals surface area contributed by atoms with Crippen molar-refractivity contribution in [1.29, 1.82) is 0 Å². The summed E-state index contributed by atoms with van der Waals surface area (Å²) in [6, 6.07) is 0.440. The molecule has 0 aromatic rings. The van der Waals surface area contributed by atoms with Gasteiger partial charge in [0.05, 0.1) is 18.2 Å². The van der Waals surface area contributed by atoms with Crippen molar-refractivity contribution in [2.45, 2.75) is 78.6 Å². The van der Waals surface area contributed by atoms with Crippen molar-refractivity contribution >= 4 is 29.9 Å². The Morgan fingerprint density at radius 2 is 2.05 bits per heavy atom. The van der Waals surface area contributed by atoms with Gasteiger partial charge in [-0.05, 0) is 43.9 Å². The van der Waals surface area contributed by atoms with Gasteiger partial charge in [-0.3, -0.25) is 4.99 Å². The van der Waals surface area contributed by atoms with Gasteiger partial charge >= 0.3 is 0 Å². The Morgan fingerprint density at radius 3 is 2.55 bits per heavy atom. The summed E-state index contributed by atoms with van der Waals surface area (Å²) < 4.78 is 5.92. The molecule has 2 aliphatic rings. The molecule has 2 rings (SSSR count). The maximum Gasteiger partial charge on any atom is 0.191 e. The van der Waals surface area contributed by atoms with Crippen LogP contribution in [0.25, 0.3) is 0 Å². The number of ether oxygens (including phenoxy) is 1. The van der Waals surface area contributed by atoms with Gasteiger partial charge in [-0.15, -0.1) is 24.0 Å². The van der Waals surface area contributed by atoms with Gasteiger partial charge in [0.15, 0.2) is 5.96 Å². The summed E-state index contributed by atoms with van der Waals surface area (Å²) in [4.78, 5) is 4.82. The molecule has 0 spiro atoms. The lowest BCUT2D eigenvalue weighted by molar-refractivity contribution is 0.0992.